The molecule has 2 aromatic carbocycles. The second-order valence-corrected chi connectivity index (χ2v) is 4.41. The summed E-state index contributed by atoms with van der Waals surface area (Å²) in [6.07, 6.45) is 0.0494. The number of halogens is 3. The summed E-state index contributed by atoms with van der Waals surface area (Å²) in [5, 5.41) is 0. The smallest absolute Gasteiger partial charge is 0.162 e. The predicted molar refractivity (Wildman–Crippen MR) is 70.9 cm³/mol. The minimum atomic E-state index is -0.942. The quantitative estimate of drug-likeness (QED) is 0.458. The zero-order chi connectivity index (χ0) is 14.7. The molecule has 5 N–H and O–H groups in total. The van der Waals surface area contributed by atoms with E-state index < -0.39 is 23.5 Å². The van der Waals surface area contributed by atoms with Crippen LogP contribution in [0.2, 0.25) is 0 Å². The van der Waals surface area contributed by atoms with Crippen LogP contribution in [-0.4, -0.2) is 0 Å². The second-order valence-electron chi connectivity index (χ2n) is 4.41. The number of nitrogens with one attached hydrogen (secondary N) is 1. The Bertz CT molecular complexity index is 617. The van der Waals surface area contributed by atoms with Crippen LogP contribution in [0, 0.1) is 17.5 Å². The maximum Gasteiger partial charge on any atom is 0.162 e. The molecule has 2 rings (SSSR count). The van der Waals surface area contributed by atoms with Crippen LogP contribution in [0.3, 0.4) is 0 Å². The fraction of sp³-hybridized carbons (Fsp3) is 0.143. The molecule has 106 valence electrons. The van der Waals surface area contributed by atoms with Crippen molar-refractivity contribution >= 4 is 5.69 Å². The van der Waals surface area contributed by atoms with Crippen LogP contribution in [-0.2, 0) is 6.42 Å². The number of hydrogen-bond acceptors (Lipinski definition) is 3. The second kappa shape index (κ2) is 5.94. The summed E-state index contributed by atoms with van der Waals surface area (Å²) in [7, 11) is 0. The van der Waals surface area contributed by atoms with Crippen molar-refractivity contribution in [1.29, 1.82) is 0 Å². The molecule has 1 atom stereocenters. The Morgan fingerprint density at radius 1 is 1.10 bits per heavy atom. The van der Waals surface area contributed by atoms with E-state index in [1.165, 1.54) is 30.3 Å². The first kappa shape index (κ1) is 14.4. The molecule has 0 amide bonds. The number of hydrazine groups is 1. The summed E-state index contributed by atoms with van der Waals surface area (Å²) in [6.45, 7) is 0. The summed E-state index contributed by atoms with van der Waals surface area (Å²) >= 11 is 0. The molecule has 0 heterocycles. The SMILES string of the molecule is NNC(Cc1cccc(F)c1F)c1cc(F)ccc1N. The van der Waals surface area contributed by atoms with Crippen LogP contribution in [0.4, 0.5) is 18.9 Å². The van der Waals surface area contributed by atoms with Gasteiger partial charge in [0.2, 0.25) is 0 Å². The van der Waals surface area contributed by atoms with Crippen molar-refractivity contribution in [2.45, 2.75) is 12.5 Å². The van der Waals surface area contributed by atoms with Gasteiger partial charge in [-0.3, -0.25) is 11.3 Å². The Balaban J connectivity index is 2.34. The largest absolute Gasteiger partial charge is 0.398 e. The molecule has 20 heavy (non-hydrogen) atoms. The molecular formula is C14H14F3N3. The molecule has 0 fully saturated rings. The van der Waals surface area contributed by atoms with E-state index in [1.54, 1.807) is 0 Å². The predicted octanol–water partition coefficient (Wildman–Crippen LogP) is 2.43. The van der Waals surface area contributed by atoms with E-state index in [9.17, 15) is 13.2 Å². The van der Waals surface area contributed by atoms with Crippen LogP contribution in [0.1, 0.15) is 17.2 Å². The van der Waals surface area contributed by atoms with Gasteiger partial charge in [-0.2, -0.15) is 0 Å². The first-order valence-electron chi connectivity index (χ1n) is 5.97. The first-order chi connectivity index (χ1) is 9.52. The van der Waals surface area contributed by atoms with Crippen LogP contribution >= 0.6 is 0 Å². The number of benzene rings is 2. The summed E-state index contributed by atoms with van der Waals surface area (Å²) in [5.41, 5.74) is 9.06. The van der Waals surface area contributed by atoms with Crippen molar-refractivity contribution in [3.63, 3.8) is 0 Å². The van der Waals surface area contributed by atoms with Gasteiger partial charge in [0.1, 0.15) is 5.82 Å². The van der Waals surface area contributed by atoms with Gasteiger partial charge >= 0.3 is 0 Å². The summed E-state index contributed by atoms with van der Waals surface area (Å²) in [5.74, 6) is 3.06. The molecule has 0 bridgehead atoms. The van der Waals surface area contributed by atoms with Crippen molar-refractivity contribution in [3.8, 4) is 0 Å². The summed E-state index contributed by atoms with van der Waals surface area (Å²) in [6, 6.07) is 7.08. The maximum absolute atomic E-state index is 13.6. The molecule has 0 saturated heterocycles. The van der Waals surface area contributed by atoms with Gasteiger partial charge < -0.3 is 5.73 Å². The van der Waals surface area contributed by atoms with E-state index in [2.05, 4.69) is 5.43 Å². The molecule has 3 nitrogen and oxygen atoms in total. The number of anilines is 1. The van der Waals surface area contributed by atoms with Crippen LogP contribution in [0.5, 0.6) is 0 Å². The van der Waals surface area contributed by atoms with Crippen LogP contribution in [0.15, 0.2) is 36.4 Å². The lowest BCUT2D eigenvalue weighted by atomic mass is 9.97. The van der Waals surface area contributed by atoms with Crippen molar-refractivity contribution in [2.75, 3.05) is 5.73 Å². The molecule has 2 aromatic rings. The minimum Gasteiger partial charge on any atom is -0.398 e. The third kappa shape index (κ3) is 2.92. The standard InChI is InChI=1S/C14H14F3N3/c15-9-4-5-12(18)10(7-9)13(20-19)6-8-2-1-3-11(16)14(8)17/h1-5,7,13,20H,6,18-19H2. The lowest BCUT2D eigenvalue weighted by Crippen LogP contribution is -2.30. The topological polar surface area (TPSA) is 64.1 Å². The highest BCUT2D eigenvalue weighted by Crippen LogP contribution is 2.25. The maximum atomic E-state index is 13.6. The van der Waals surface area contributed by atoms with E-state index in [1.807, 2.05) is 0 Å². The fourth-order valence-electron chi connectivity index (χ4n) is 2.03. The highest BCUT2D eigenvalue weighted by atomic mass is 19.2. The van der Waals surface area contributed by atoms with Crippen molar-refractivity contribution in [2.24, 2.45) is 5.84 Å². The summed E-state index contributed by atoms with van der Waals surface area (Å²) < 4.78 is 40.1. The first-order valence-corrected chi connectivity index (χ1v) is 5.97. The van der Waals surface area contributed by atoms with E-state index in [0.717, 1.165) is 6.07 Å². The minimum absolute atomic E-state index is 0.0494. The van der Waals surface area contributed by atoms with Gasteiger partial charge in [-0.25, -0.2) is 13.2 Å². The van der Waals surface area contributed by atoms with Crippen molar-refractivity contribution in [3.05, 3.63) is 65.0 Å². The van der Waals surface area contributed by atoms with Gasteiger partial charge in [-0.1, -0.05) is 12.1 Å². The van der Waals surface area contributed by atoms with Crippen LogP contribution in [0.25, 0.3) is 0 Å². The van der Waals surface area contributed by atoms with Gasteiger partial charge in [0.15, 0.2) is 11.6 Å². The lowest BCUT2D eigenvalue weighted by molar-refractivity contribution is 0.481. The van der Waals surface area contributed by atoms with Gasteiger partial charge in [-0.15, -0.1) is 0 Å². The van der Waals surface area contributed by atoms with Gasteiger partial charge in [0, 0.05) is 5.69 Å². The normalized spacial score (nSPS) is 12.4. The average Bonchev–Trinajstić information content (AvgIpc) is 2.43. The van der Waals surface area contributed by atoms with Gasteiger partial charge in [0.25, 0.3) is 0 Å². The summed E-state index contributed by atoms with van der Waals surface area (Å²) in [4.78, 5) is 0. The number of nitrogens with two attached hydrogens (primary N) is 2. The molecule has 0 radical (unpaired) electrons. The Morgan fingerprint density at radius 3 is 2.55 bits per heavy atom. The zero-order valence-corrected chi connectivity index (χ0v) is 10.5. The molecule has 6 heteroatoms. The lowest BCUT2D eigenvalue weighted by Gasteiger charge is -2.19. The van der Waals surface area contributed by atoms with E-state index in [0.29, 0.717) is 11.3 Å². The van der Waals surface area contributed by atoms with Crippen LogP contribution < -0.4 is 17.0 Å². The van der Waals surface area contributed by atoms with E-state index >= 15 is 0 Å². The number of hydrogen-bond donors (Lipinski definition) is 3. The van der Waals surface area contributed by atoms with Gasteiger partial charge in [-0.05, 0) is 41.8 Å². The molecular weight excluding hydrogens is 267 g/mol. The fourth-order valence-corrected chi connectivity index (χ4v) is 2.03. The van der Waals surface area contributed by atoms with Crippen molar-refractivity contribution in [1.82, 2.24) is 5.43 Å². The highest BCUT2D eigenvalue weighted by Gasteiger charge is 2.17. The zero-order valence-electron chi connectivity index (χ0n) is 10.5. The number of nitrogen functional groups attached to an aromatic ring is 1. The molecule has 0 aromatic heterocycles. The molecule has 0 saturated carbocycles. The average molecular weight is 281 g/mol. The number of rotatable bonds is 4. The third-order valence-electron chi connectivity index (χ3n) is 3.08. The molecule has 0 aliphatic heterocycles. The van der Waals surface area contributed by atoms with E-state index in [-0.39, 0.29) is 12.0 Å². The van der Waals surface area contributed by atoms with Gasteiger partial charge in [0.05, 0.1) is 6.04 Å². The Kier molecular flexibility index (Phi) is 4.26. The highest BCUT2D eigenvalue weighted by molar-refractivity contribution is 5.49. The Labute approximate surface area is 114 Å². The van der Waals surface area contributed by atoms with Crippen molar-refractivity contribution < 1.29 is 13.2 Å². The Hall–Kier alpha value is -2.05. The van der Waals surface area contributed by atoms with E-state index in [4.69, 9.17) is 11.6 Å². The Morgan fingerprint density at radius 2 is 1.85 bits per heavy atom. The molecule has 0 aliphatic rings. The molecule has 1 unspecified atom stereocenters. The monoisotopic (exact) mass is 281 g/mol. The molecule has 0 aliphatic carbocycles. The molecule has 0 spiro atoms. The third-order valence-corrected chi connectivity index (χ3v) is 3.08.